The third-order valence-electron chi connectivity index (χ3n) is 7.51. The van der Waals surface area contributed by atoms with E-state index < -0.39 is 11.7 Å². The van der Waals surface area contributed by atoms with Gasteiger partial charge in [-0.15, -0.1) is 0 Å². The molecule has 1 N–H and O–H groups in total. The number of halogens is 1. The van der Waals surface area contributed by atoms with Crippen LogP contribution in [0.1, 0.15) is 58.8 Å². The van der Waals surface area contributed by atoms with Crippen LogP contribution >= 0.6 is 0 Å². The number of rotatable bonds is 6. The number of ketones is 1. The van der Waals surface area contributed by atoms with Gasteiger partial charge in [-0.3, -0.25) is 19.3 Å². The van der Waals surface area contributed by atoms with Crippen molar-refractivity contribution in [1.82, 2.24) is 19.7 Å². The van der Waals surface area contributed by atoms with Gasteiger partial charge in [-0.1, -0.05) is 12.1 Å². The maximum atomic E-state index is 13.9. The van der Waals surface area contributed by atoms with Crippen LogP contribution in [0.25, 0.3) is 10.9 Å². The molecular weight excluding hydrogens is 487 g/mol. The Morgan fingerprint density at radius 1 is 1.08 bits per heavy atom. The first kappa shape index (κ1) is 27.3. The Hall–Kier alpha value is -3.72. The van der Waals surface area contributed by atoms with Crippen molar-refractivity contribution < 1.29 is 23.5 Å². The fourth-order valence-electron chi connectivity index (χ4n) is 5.36. The van der Waals surface area contributed by atoms with Gasteiger partial charge in [0.2, 0.25) is 0 Å². The zero-order chi connectivity index (χ0) is 27.9. The van der Waals surface area contributed by atoms with E-state index in [0.717, 1.165) is 5.56 Å². The highest BCUT2D eigenvalue weighted by Gasteiger charge is 2.36. The van der Waals surface area contributed by atoms with E-state index >= 15 is 0 Å². The SMILES string of the molecule is COc1cc2[nH]c(C)c(C(=O)C(=O)N(C)C)c2cc1C(=O)N1CC(C)N(C(C)c2ccc(F)cc2)CC1C. The molecule has 38 heavy (non-hydrogen) atoms. The van der Waals surface area contributed by atoms with Crippen molar-refractivity contribution in [2.24, 2.45) is 0 Å². The zero-order valence-electron chi connectivity index (χ0n) is 23.0. The van der Waals surface area contributed by atoms with Gasteiger partial charge in [-0.2, -0.15) is 0 Å². The summed E-state index contributed by atoms with van der Waals surface area (Å²) in [4.78, 5) is 47.9. The van der Waals surface area contributed by atoms with Crippen LogP contribution in [0, 0.1) is 12.7 Å². The standard InChI is InChI=1S/C29H35FN4O4/c1-16-15-34(17(2)14-33(16)19(4)20-8-10-21(30)11-9-20)28(36)23-12-22-24(13-25(23)38-7)31-18(3)26(22)27(35)29(37)32(5)6/h8-13,16-17,19,31H,14-15H2,1-7H3. The number of nitrogens with one attached hydrogen (secondary N) is 1. The van der Waals surface area contributed by atoms with Gasteiger partial charge in [0.15, 0.2) is 0 Å². The molecule has 1 aliphatic rings. The average molecular weight is 523 g/mol. The number of benzene rings is 2. The average Bonchev–Trinajstić information content (AvgIpc) is 3.21. The molecule has 3 unspecified atom stereocenters. The van der Waals surface area contributed by atoms with E-state index in [1.807, 2.05) is 11.8 Å². The van der Waals surface area contributed by atoms with E-state index in [1.165, 1.54) is 38.2 Å². The lowest BCUT2D eigenvalue weighted by Crippen LogP contribution is -2.58. The molecule has 8 nitrogen and oxygen atoms in total. The van der Waals surface area contributed by atoms with Crippen molar-refractivity contribution in [2.45, 2.75) is 45.8 Å². The first-order valence-corrected chi connectivity index (χ1v) is 12.7. The highest BCUT2D eigenvalue weighted by molar-refractivity contribution is 6.45. The third-order valence-corrected chi connectivity index (χ3v) is 7.51. The lowest BCUT2D eigenvalue weighted by atomic mass is 9.99. The zero-order valence-corrected chi connectivity index (χ0v) is 23.0. The van der Waals surface area contributed by atoms with Crippen LogP contribution in [0.3, 0.4) is 0 Å². The number of likely N-dealkylation sites (N-methyl/N-ethyl adjacent to an activating group) is 1. The first-order chi connectivity index (χ1) is 17.9. The van der Waals surface area contributed by atoms with Gasteiger partial charge in [-0.25, -0.2) is 4.39 Å². The van der Waals surface area contributed by atoms with Crippen LogP contribution in [-0.4, -0.2) is 83.7 Å². The summed E-state index contributed by atoms with van der Waals surface area (Å²) in [7, 11) is 4.56. The summed E-state index contributed by atoms with van der Waals surface area (Å²) in [5.41, 5.74) is 2.78. The Bertz CT molecular complexity index is 1380. The second-order valence-corrected chi connectivity index (χ2v) is 10.3. The number of amides is 2. The minimum atomic E-state index is -0.633. The number of aryl methyl sites for hydroxylation is 1. The number of methoxy groups -OCH3 is 1. The first-order valence-electron chi connectivity index (χ1n) is 12.7. The molecule has 2 heterocycles. The molecule has 0 spiro atoms. The molecule has 0 bridgehead atoms. The van der Waals surface area contributed by atoms with Crippen molar-refractivity contribution in [3.8, 4) is 5.75 Å². The van der Waals surface area contributed by atoms with E-state index in [2.05, 4.69) is 23.7 Å². The minimum absolute atomic E-state index is 0.0503. The monoisotopic (exact) mass is 522 g/mol. The molecular formula is C29H35FN4O4. The summed E-state index contributed by atoms with van der Waals surface area (Å²) in [6, 6.07) is 9.89. The molecule has 0 saturated carbocycles. The molecule has 2 amide bonds. The highest BCUT2D eigenvalue weighted by Crippen LogP contribution is 2.33. The Labute approximate surface area is 222 Å². The van der Waals surface area contributed by atoms with Crippen LogP contribution < -0.4 is 4.74 Å². The number of aromatic nitrogens is 1. The number of Topliss-reactive ketones (excluding diaryl/α,β-unsaturated/α-hetero) is 1. The van der Waals surface area contributed by atoms with Gasteiger partial charge in [0.05, 0.1) is 23.8 Å². The summed E-state index contributed by atoms with van der Waals surface area (Å²) in [5, 5.41) is 0.510. The van der Waals surface area contributed by atoms with Crippen molar-refractivity contribution in [3.63, 3.8) is 0 Å². The number of aromatic amines is 1. The fourth-order valence-corrected chi connectivity index (χ4v) is 5.36. The number of piperazine rings is 1. The lowest BCUT2D eigenvalue weighted by Gasteiger charge is -2.46. The van der Waals surface area contributed by atoms with Gasteiger partial charge in [0.1, 0.15) is 11.6 Å². The highest BCUT2D eigenvalue weighted by atomic mass is 19.1. The van der Waals surface area contributed by atoms with Crippen LogP contribution in [0.5, 0.6) is 5.75 Å². The van der Waals surface area contributed by atoms with E-state index in [9.17, 15) is 18.8 Å². The quantitative estimate of drug-likeness (QED) is 0.388. The summed E-state index contributed by atoms with van der Waals surface area (Å²) in [6.45, 7) is 9.03. The Kier molecular flexibility index (Phi) is 7.60. The maximum Gasteiger partial charge on any atom is 0.294 e. The van der Waals surface area contributed by atoms with E-state index in [4.69, 9.17) is 4.74 Å². The number of carbonyl (C=O) groups is 3. The van der Waals surface area contributed by atoms with Gasteiger partial charge < -0.3 is 19.5 Å². The van der Waals surface area contributed by atoms with Gasteiger partial charge >= 0.3 is 0 Å². The predicted molar refractivity (Wildman–Crippen MR) is 144 cm³/mol. The van der Waals surface area contributed by atoms with Gasteiger partial charge in [0, 0.05) is 62.5 Å². The topological polar surface area (TPSA) is 85.9 Å². The van der Waals surface area contributed by atoms with Crippen molar-refractivity contribution in [2.75, 3.05) is 34.3 Å². The predicted octanol–water partition coefficient (Wildman–Crippen LogP) is 4.19. The van der Waals surface area contributed by atoms with E-state index in [0.29, 0.717) is 41.0 Å². The minimum Gasteiger partial charge on any atom is -0.496 e. The van der Waals surface area contributed by atoms with Crippen molar-refractivity contribution in [3.05, 3.63) is 64.6 Å². The number of carbonyl (C=O) groups excluding carboxylic acids is 3. The Morgan fingerprint density at radius 3 is 2.34 bits per heavy atom. The van der Waals surface area contributed by atoms with Gasteiger partial charge in [-0.05, 0) is 51.5 Å². The molecule has 202 valence electrons. The number of H-pyrrole nitrogens is 1. The number of ether oxygens (including phenoxy) is 1. The summed E-state index contributed by atoms with van der Waals surface area (Å²) in [5.74, 6) is -1.34. The van der Waals surface area contributed by atoms with Crippen LogP contribution in [-0.2, 0) is 4.79 Å². The molecule has 4 rings (SSSR count). The molecule has 0 radical (unpaired) electrons. The van der Waals surface area contributed by atoms with Gasteiger partial charge in [0.25, 0.3) is 17.6 Å². The molecule has 1 aliphatic heterocycles. The van der Waals surface area contributed by atoms with Crippen LogP contribution in [0.2, 0.25) is 0 Å². The van der Waals surface area contributed by atoms with E-state index in [1.54, 1.807) is 31.2 Å². The normalized spacial score (nSPS) is 18.9. The molecule has 1 aromatic heterocycles. The number of hydrogen-bond donors (Lipinski definition) is 1. The molecule has 3 atom stereocenters. The molecule has 2 aromatic carbocycles. The molecule has 0 aliphatic carbocycles. The fraction of sp³-hybridized carbons (Fsp3) is 0.414. The number of hydrogen-bond acceptors (Lipinski definition) is 5. The lowest BCUT2D eigenvalue weighted by molar-refractivity contribution is -0.124. The van der Waals surface area contributed by atoms with Crippen molar-refractivity contribution >= 4 is 28.5 Å². The Morgan fingerprint density at radius 2 is 1.74 bits per heavy atom. The Balaban J connectivity index is 1.65. The van der Waals surface area contributed by atoms with E-state index in [-0.39, 0.29) is 35.4 Å². The largest absolute Gasteiger partial charge is 0.496 e. The summed E-state index contributed by atoms with van der Waals surface area (Å²) < 4.78 is 19.0. The molecule has 1 saturated heterocycles. The summed E-state index contributed by atoms with van der Waals surface area (Å²) >= 11 is 0. The smallest absolute Gasteiger partial charge is 0.294 e. The molecule has 9 heteroatoms. The third kappa shape index (κ3) is 4.90. The second kappa shape index (κ2) is 10.6. The number of nitrogens with zero attached hydrogens (tertiary/aromatic N) is 3. The van der Waals surface area contributed by atoms with Crippen molar-refractivity contribution in [1.29, 1.82) is 0 Å². The molecule has 1 fully saturated rings. The van der Waals surface area contributed by atoms with Crippen LogP contribution in [0.4, 0.5) is 4.39 Å². The number of fused-ring (bicyclic) bond motifs is 1. The van der Waals surface area contributed by atoms with Crippen LogP contribution in [0.15, 0.2) is 36.4 Å². The molecule has 3 aromatic rings. The maximum absolute atomic E-state index is 13.9. The summed E-state index contributed by atoms with van der Waals surface area (Å²) in [6.07, 6.45) is 0. The second-order valence-electron chi connectivity index (χ2n) is 10.3.